The second-order valence-corrected chi connectivity index (χ2v) is 7.42. The first-order valence-electron chi connectivity index (χ1n) is 10.5. The lowest BCUT2D eigenvalue weighted by atomic mass is 10.0. The van der Waals surface area contributed by atoms with Crippen molar-refractivity contribution in [3.63, 3.8) is 0 Å². The molecular weight excluding hydrogens is 414 g/mol. The predicted molar refractivity (Wildman–Crippen MR) is 128 cm³/mol. The van der Waals surface area contributed by atoms with Gasteiger partial charge in [-0.2, -0.15) is 0 Å². The van der Waals surface area contributed by atoms with Crippen LogP contribution in [0, 0.1) is 0 Å². The number of pyridine rings is 1. The van der Waals surface area contributed by atoms with Crippen LogP contribution in [0.4, 0.5) is 11.4 Å². The van der Waals surface area contributed by atoms with Gasteiger partial charge in [-0.25, -0.2) is 4.98 Å². The minimum Gasteiger partial charge on any atom is -0.465 e. The smallest absolute Gasteiger partial charge is 0.255 e. The molecule has 0 saturated carbocycles. The molecule has 2 amide bonds. The highest BCUT2D eigenvalue weighted by atomic mass is 16.5. The summed E-state index contributed by atoms with van der Waals surface area (Å²) in [5.41, 5.74) is 3.55. The summed E-state index contributed by atoms with van der Waals surface area (Å²) in [5, 5.41) is 5.48. The molecule has 2 N–H and O–H groups in total. The molecule has 1 heterocycles. The number of nitrogens with one attached hydrogen (secondary N) is 2. The van der Waals surface area contributed by atoms with E-state index in [-0.39, 0.29) is 17.9 Å². The Kier molecular flexibility index (Phi) is 6.75. The molecule has 0 aliphatic heterocycles. The highest BCUT2D eigenvalue weighted by Gasteiger charge is 2.16. The lowest BCUT2D eigenvalue weighted by Gasteiger charge is -2.19. The van der Waals surface area contributed by atoms with Gasteiger partial charge in [0.05, 0.1) is 11.9 Å². The molecule has 1 aromatic heterocycles. The maximum absolute atomic E-state index is 12.6. The lowest BCUT2D eigenvalue weighted by Crippen LogP contribution is -2.13. The molecule has 6 nitrogen and oxygen atoms in total. The molecule has 0 saturated heterocycles. The van der Waals surface area contributed by atoms with Crippen molar-refractivity contribution < 1.29 is 14.3 Å². The number of anilines is 2. The van der Waals surface area contributed by atoms with Gasteiger partial charge in [0.1, 0.15) is 0 Å². The normalized spacial score (nSPS) is 10.5. The van der Waals surface area contributed by atoms with E-state index in [0.717, 1.165) is 11.1 Å². The van der Waals surface area contributed by atoms with Gasteiger partial charge in [0.2, 0.25) is 11.8 Å². The first-order chi connectivity index (χ1) is 16.1. The van der Waals surface area contributed by atoms with Crippen LogP contribution < -0.4 is 15.4 Å². The molecule has 0 atom stereocenters. The number of aromatic nitrogens is 1. The molecule has 164 valence electrons. The van der Waals surface area contributed by atoms with Gasteiger partial charge in [0, 0.05) is 24.2 Å². The van der Waals surface area contributed by atoms with Crippen LogP contribution in [0.1, 0.15) is 34.5 Å². The summed E-state index contributed by atoms with van der Waals surface area (Å²) in [4.78, 5) is 28.2. The zero-order chi connectivity index (χ0) is 23.0. The predicted octanol–water partition coefficient (Wildman–Crippen LogP) is 5.46. The third-order valence-corrected chi connectivity index (χ3v) is 4.88. The highest BCUT2D eigenvalue weighted by Crippen LogP contribution is 2.28. The number of rotatable bonds is 7. The SMILES string of the molecule is CC(=O)Nc1cccc(C(=O)Nc2ccc(OC(c3ccccc3)c3ccccc3)nc2)c1. The molecule has 0 aliphatic carbocycles. The number of amides is 2. The van der Waals surface area contributed by atoms with Crippen LogP contribution in [-0.2, 0) is 4.79 Å². The number of nitrogens with zero attached hydrogens (tertiary/aromatic N) is 1. The summed E-state index contributed by atoms with van der Waals surface area (Å²) < 4.78 is 6.22. The average Bonchev–Trinajstić information content (AvgIpc) is 2.84. The Morgan fingerprint density at radius 1 is 0.758 bits per heavy atom. The van der Waals surface area contributed by atoms with Gasteiger partial charge in [0.15, 0.2) is 6.10 Å². The Labute approximate surface area is 192 Å². The summed E-state index contributed by atoms with van der Waals surface area (Å²) in [7, 11) is 0. The number of benzene rings is 3. The summed E-state index contributed by atoms with van der Waals surface area (Å²) >= 11 is 0. The van der Waals surface area contributed by atoms with E-state index in [9.17, 15) is 9.59 Å². The maximum atomic E-state index is 12.6. The third kappa shape index (κ3) is 5.83. The Morgan fingerprint density at radius 3 is 2.00 bits per heavy atom. The van der Waals surface area contributed by atoms with Gasteiger partial charge in [0.25, 0.3) is 5.91 Å². The van der Waals surface area contributed by atoms with Crippen molar-refractivity contribution in [2.45, 2.75) is 13.0 Å². The summed E-state index contributed by atoms with van der Waals surface area (Å²) in [5.74, 6) is -0.0564. The second kappa shape index (κ2) is 10.2. The van der Waals surface area contributed by atoms with Gasteiger partial charge in [-0.3, -0.25) is 9.59 Å². The molecule has 0 aliphatic rings. The maximum Gasteiger partial charge on any atom is 0.255 e. The topological polar surface area (TPSA) is 80.3 Å². The van der Waals surface area contributed by atoms with Crippen LogP contribution >= 0.6 is 0 Å². The number of hydrogen-bond acceptors (Lipinski definition) is 4. The Balaban J connectivity index is 1.47. The molecule has 4 aromatic rings. The zero-order valence-electron chi connectivity index (χ0n) is 18.1. The van der Waals surface area contributed by atoms with Crippen molar-refractivity contribution in [1.29, 1.82) is 0 Å². The third-order valence-electron chi connectivity index (χ3n) is 4.88. The quantitative estimate of drug-likeness (QED) is 0.402. The van der Waals surface area contributed by atoms with Crippen LogP contribution in [0.5, 0.6) is 5.88 Å². The molecule has 0 bridgehead atoms. The zero-order valence-corrected chi connectivity index (χ0v) is 18.1. The van der Waals surface area contributed by atoms with Gasteiger partial charge in [-0.15, -0.1) is 0 Å². The molecule has 0 spiro atoms. The van der Waals surface area contributed by atoms with Gasteiger partial charge < -0.3 is 15.4 Å². The molecule has 0 unspecified atom stereocenters. The summed E-state index contributed by atoms with van der Waals surface area (Å²) in [6.45, 7) is 1.42. The van der Waals surface area contributed by atoms with E-state index < -0.39 is 0 Å². The summed E-state index contributed by atoms with van der Waals surface area (Å²) in [6, 6.07) is 30.1. The van der Waals surface area contributed by atoms with E-state index in [1.54, 1.807) is 42.6 Å². The highest BCUT2D eigenvalue weighted by molar-refractivity contribution is 6.05. The number of ether oxygens (including phenoxy) is 1. The fraction of sp³-hybridized carbons (Fsp3) is 0.0741. The van der Waals surface area contributed by atoms with Crippen LogP contribution in [0.3, 0.4) is 0 Å². The van der Waals surface area contributed by atoms with Crippen LogP contribution in [0.25, 0.3) is 0 Å². The fourth-order valence-corrected chi connectivity index (χ4v) is 3.37. The van der Waals surface area contributed by atoms with Crippen molar-refractivity contribution in [3.05, 3.63) is 120 Å². The van der Waals surface area contributed by atoms with E-state index in [1.165, 1.54) is 6.92 Å². The van der Waals surface area contributed by atoms with Crippen LogP contribution in [-0.4, -0.2) is 16.8 Å². The Morgan fingerprint density at radius 2 is 1.42 bits per heavy atom. The second-order valence-electron chi connectivity index (χ2n) is 7.42. The first-order valence-corrected chi connectivity index (χ1v) is 10.5. The van der Waals surface area contributed by atoms with Gasteiger partial charge in [-0.1, -0.05) is 66.7 Å². The summed E-state index contributed by atoms with van der Waals surface area (Å²) in [6.07, 6.45) is 1.25. The fourth-order valence-electron chi connectivity index (χ4n) is 3.37. The van der Waals surface area contributed by atoms with E-state index in [1.807, 2.05) is 60.7 Å². The van der Waals surface area contributed by atoms with Crippen LogP contribution in [0.15, 0.2) is 103 Å². The Hall–Kier alpha value is -4.45. The van der Waals surface area contributed by atoms with E-state index in [2.05, 4.69) is 15.6 Å². The van der Waals surface area contributed by atoms with E-state index >= 15 is 0 Å². The van der Waals surface area contributed by atoms with Crippen molar-refractivity contribution >= 4 is 23.2 Å². The van der Waals surface area contributed by atoms with Gasteiger partial charge >= 0.3 is 0 Å². The molecular formula is C27H23N3O3. The minimum absolute atomic E-state index is 0.198. The standard InChI is InChI=1S/C27H23N3O3/c1-19(31)29-23-14-8-13-22(17-23)27(32)30-24-15-16-25(28-18-24)33-26(20-9-4-2-5-10-20)21-11-6-3-7-12-21/h2-18,26H,1H3,(H,29,31)(H,30,32). The molecule has 33 heavy (non-hydrogen) atoms. The molecule has 0 radical (unpaired) electrons. The first kappa shape index (κ1) is 21.8. The lowest BCUT2D eigenvalue weighted by molar-refractivity contribution is -0.114. The van der Waals surface area contributed by atoms with Crippen molar-refractivity contribution in [3.8, 4) is 5.88 Å². The van der Waals surface area contributed by atoms with Gasteiger partial charge in [-0.05, 0) is 35.4 Å². The molecule has 4 rings (SSSR count). The minimum atomic E-state index is -0.308. The largest absolute Gasteiger partial charge is 0.465 e. The van der Waals surface area contributed by atoms with Crippen molar-refractivity contribution in [2.75, 3.05) is 10.6 Å². The Bertz CT molecular complexity index is 1190. The monoisotopic (exact) mass is 437 g/mol. The van der Waals surface area contributed by atoms with Crippen molar-refractivity contribution in [1.82, 2.24) is 4.98 Å². The molecule has 6 heteroatoms. The van der Waals surface area contributed by atoms with E-state index in [0.29, 0.717) is 22.8 Å². The van der Waals surface area contributed by atoms with E-state index in [4.69, 9.17) is 4.74 Å². The number of carbonyl (C=O) groups excluding carboxylic acids is 2. The molecule has 3 aromatic carbocycles. The van der Waals surface area contributed by atoms with Crippen molar-refractivity contribution in [2.24, 2.45) is 0 Å². The number of hydrogen-bond donors (Lipinski definition) is 2. The number of carbonyl (C=O) groups is 2. The van der Waals surface area contributed by atoms with Crippen LogP contribution in [0.2, 0.25) is 0 Å². The molecule has 0 fully saturated rings. The average molecular weight is 437 g/mol.